The number of hydrogen-bond donors (Lipinski definition) is 8. The summed E-state index contributed by atoms with van der Waals surface area (Å²) in [6, 6.07) is 0. The summed E-state index contributed by atoms with van der Waals surface area (Å²) >= 11 is 0. The van der Waals surface area contributed by atoms with Crippen LogP contribution in [-0.4, -0.2) is 58.5 Å². The van der Waals surface area contributed by atoms with Crippen molar-refractivity contribution in [2.24, 2.45) is 11.1 Å². The summed E-state index contributed by atoms with van der Waals surface area (Å²) in [6.45, 7) is 0. The minimum Gasteiger partial charge on any atom is -0.481 e. The van der Waals surface area contributed by atoms with Gasteiger partial charge in [0.2, 0.25) is 0 Å². The quantitative estimate of drug-likeness (QED) is 0.222. The predicted octanol–water partition coefficient (Wildman–Crippen LogP) is -1.73. The summed E-state index contributed by atoms with van der Waals surface area (Å²) in [4.78, 5) is 64.4. The van der Waals surface area contributed by atoms with E-state index in [2.05, 4.69) is 0 Å². The van der Waals surface area contributed by atoms with Gasteiger partial charge in [0.05, 0.1) is 17.7 Å². The van der Waals surface area contributed by atoms with Crippen molar-refractivity contribution in [3.8, 4) is 0 Å². The minimum absolute atomic E-state index is 1.22. The SMILES string of the molecule is NC(CC(CP(=O)(O)O)(CP(=O)(O)O)C(=O)O)P(=O)(O)O. The molecule has 9 N–H and O–H groups in total. The maximum atomic E-state index is 11.2. The smallest absolute Gasteiger partial charge is 0.342 e. The van der Waals surface area contributed by atoms with Gasteiger partial charge < -0.3 is 40.2 Å². The van der Waals surface area contributed by atoms with Gasteiger partial charge in [0.25, 0.3) is 0 Å². The topological polar surface area (TPSA) is 236 Å². The molecule has 1 atom stereocenters. The second kappa shape index (κ2) is 6.55. The first-order chi connectivity index (χ1) is 8.99. The molecule has 126 valence electrons. The highest BCUT2D eigenvalue weighted by atomic mass is 31.2. The van der Waals surface area contributed by atoms with Crippen molar-refractivity contribution in [1.29, 1.82) is 0 Å². The summed E-state index contributed by atoms with van der Waals surface area (Å²) in [5.41, 5.74) is 2.30. The van der Waals surface area contributed by atoms with E-state index in [0.717, 1.165) is 0 Å². The molecule has 0 radical (unpaired) electrons. The summed E-state index contributed by atoms with van der Waals surface area (Å²) in [6.07, 6.45) is -4.26. The fourth-order valence-corrected chi connectivity index (χ4v) is 4.80. The Kier molecular flexibility index (Phi) is 6.52. The molecule has 1 unspecified atom stereocenters. The average Bonchev–Trinajstić information content (AvgIpc) is 2.09. The Balaban J connectivity index is 5.81. The molecule has 0 bridgehead atoms. The van der Waals surface area contributed by atoms with E-state index in [4.69, 9.17) is 40.2 Å². The first kappa shape index (κ1) is 20.9. The number of rotatable bonds is 8. The van der Waals surface area contributed by atoms with Gasteiger partial charge in [-0.05, 0) is 6.42 Å². The Hall–Kier alpha value is -0.120. The fourth-order valence-electron chi connectivity index (χ4n) is 1.71. The summed E-state index contributed by atoms with van der Waals surface area (Å²) in [7, 11) is -15.2. The number of carboxylic acids is 1. The number of nitrogens with two attached hydrogens (primary N) is 1. The minimum atomic E-state index is -5.07. The molecule has 0 saturated carbocycles. The highest BCUT2D eigenvalue weighted by Crippen LogP contribution is 2.54. The molecule has 0 rings (SSSR count). The zero-order valence-electron chi connectivity index (χ0n) is 10.4. The fraction of sp³-hybridized carbons (Fsp3) is 0.833. The van der Waals surface area contributed by atoms with Crippen LogP contribution in [0.15, 0.2) is 0 Å². The van der Waals surface area contributed by atoms with Crippen LogP contribution in [0.4, 0.5) is 0 Å². The van der Waals surface area contributed by atoms with E-state index < -0.39 is 58.7 Å². The molecule has 15 heteroatoms. The van der Waals surface area contributed by atoms with E-state index in [1.807, 2.05) is 0 Å². The van der Waals surface area contributed by atoms with Gasteiger partial charge in [-0.15, -0.1) is 0 Å². The number of aliphatic carboxylic acids is 1. The molecule has 0 aromatic heterocycles. The zero-order chi connectivity index (χ0) is 17.3. The van der Waals surface area contributed by atoms with Crippen LogP contribution in [0.5, 0.6) is 0 Å². The molecule has 0 aliphatic heterocycles. The Bertz CT molecular complexity index is 504. The monoisotopic (exact) mass is 371 g/mol. The molecular weight excluding hydrogens is 355 g/mol. The van der Waals surface area contributed by atoms with E-state index >= 15 is 0 Å². The van der Waals surface area contributed by atoms with Crippen LogP contribution < -0.4 is 5.73 Å². The molecule has 0 aromatic carbocycles. The number of hydrogen-bond acceptors (Lipinski definition) is 5. The lowest BCUT2D eigenvalue weighted by molar-refractivity contribution is -0.147. The van der Waals surface area contributed by atoms with Gasteiger partial charge in [0.1, 0.15) is 5.78 Å². The first-order valence-electron chi connectivity index (χ1n) is 5.12. The lowest BCUT2D eigenvalue weighted by Gasteiger charge is -2.32. The first-order valence-corrected chi connectivity index (χ1v) is 10.4. The molecule has 0 fully saturated rings. The van der Waals surface area contributed by atoms with Gasteiger partial charge in [0.15, 0.2) is 0 Å². The second-order valence-corrected chi connectivity index (χ2v) is 9.72. The normalized spacial score (nSPS) is 15.8. The molecule has 0 aromatic rings. The second-order valence-electron chi connectivity index (χ2n) is 4.59. The highest BCUT2D eigenvalue weighted by molar-refractivity contribution is 7.53. The molecule has 0 aliphatic rings. The Morgan fingerprint density at radius 2 is 1.29 bits per heavy atom. The zero-order valence-corrected chi connectivity index (χ0v) is 13.1. The van der Waals surface area contributed by atoms with Crippen LogP contribution in [0.25, 0.3) is 0 Å². The van der Waals surface area contributed by atoms with E-state index in [0.29, 0.717) is 0 Å². The summed E-state index contributed by atoms with van der Waals surface area (Å²) < 4.78 is 33.0. The molecular formula is C6H16NO11P3. The third-order valence-corrected chi connectivity index (χ3v) is 5.58. The van der Waals surface area contributed by atoms with Gasteiger partial charge >= 0.3 is 28.8 Å². The van der Waals surface area contributed by atoms with Crippen LogP contribution in [-0.2, 0) is 18.5 Å². The summed E-state index contributed by atoms with van der Waals surface area (Å²) in [5.74, 6) is -4.18. The molecule has 12 nitrogen and oxygen atoms in total. The Labute approximate surface area is 118 Å². The third kappa shape index (κ3) is 7.62. The van der Waals surface area contributed by atoms with E-state index in [1.54, 1.807) is 0 Å². The van der Waals surface area contributed by atoms with Crippen LogP contribution in [0.3, 0.4) is 0 Å². The standard InChI is InChI=1S/C6H16NO11P3/c7-4(21(16,17)18)1-6(5(8)9,2-19(10,11)12)3-20(13,14)15/h4H,1-3,7H2,(H,8,9)(H2,10,11,12)(H2,13,14,15)(H2,16,17,18). The van der Waals surface area contributed by atoms with Gasteiger partial charge in [-0.3, -0.25) is 18.5 Å². The highest BCUT2D eigenvalue weighted by Gasteiger charge is 2.51. The van der Waals surface area contributed by atoms with Crippen molar-refractivity contribution in [3.63, 3.8) is 0 Å². The Morgan fingerprint density at radius 3 is 1.48 bits per heavy atom. The van der Waals surface area contributed by atoms with E-state index in [1.165, 1.54) is 0 Å². The van der Waals surface area contributed by atoms with Crippen molar-refractivity contribution in [2.75, 3.05) is 12.3 Å². The van der Waals surface area contributed by atoms with E-state index in [9.17, 15) is 18.5 Å². The predicted molar refractivity (Wildman–Crippen MR) is 68.5 cm³/mol. The van der Waals surface area contributed by atoms with Gasteiger partial charge in [0, 0.05) is 0 Å². The van der Waals surface area contributed by atoms with Crippen LogP contribution >= 0.6 is 22.8 Å². The van der Waals surface area contributed by atoms with Crippen molar-refractivity contribution in [3.05, 3.63) is 0 Å². The largest absolute Gasteiger partial charge is 0.481 e. The van der Waals surface area contributed by atoms with E-state index in [-0.39, 0.29) is 0 Å². The van der Waals surface area contributed by atoms with Crippen molar-refractivity contribution >= 4 is 28.8 Å². The maximum Gasteiger partial charge on any atom is 0.342 e. The lowest BCUT2D eigenvalue weighted by Crippen LogP contribution is -2.43. The van der Waals surface area contributed by atoms with Crippen LogP contribution in [0.1, 0.15) is 6.42 Å². The van der Waals surface area contributed by atoms with Crippen molar-refractivity contribution in [2.45, 2.75) is 12.2 Å². The average molecular weight is 371 g/mol. The molecule has 0 spiro atoms. The van der Waals surface area contributed by atoms with Gasteiger partial charge in [-0.25, -0.2) is 0 Å². The maximum absolute atomic E-state index is 11.2. The molecule has 0 aliphatic carbocycles. The van der Waals surface area contributed by atoms with Gasteiger partial charge in [-0.1, -0.05) is 0 Å². The van der Waals surface area contributed by atoms with Crippen molar-refractivity contribution in [1.82, 2.24) is 0 Å². The molecule has 21 heavy (non-hydrogen) atoms. The third-order valence-electron chi connectivity index (χ3n) is 2.50. The lowest BCUT2D eigenvalue weighted by atomic mass is 9.89. The molecule has 0 amide bonds. The molecule has 0 saturated heterocycles. The summed E-state index contributed by atoms with van der Waals surface area (Å²) in [5, 5.41) is 9.07. The van der Waals surface area contributed by atoms with Crippen LogP contribution in [0.2, 0.25) is 0 Å². The molecule has 0 heterocycles. The van der Waals surface area contributed by atoms with Crippen LogP contribution in [0, 0.1) is 5.41 Å². The number of carboxylic acid groups (broad SMARTS) is 1. The number of carbonyl (C=O) groups is 1. The van der Waals surface area contributed by atoms with Crippen molar-refractivity contribution < 1.29 is 53.0 Å². The van der Waals surface area contributed by atoms with Gasteiger partial charge in [-0.2, -0.15) is 0 Å². The Morgan fingerprint density at radius 1 is 0.952 bits per heavy atom.